The van der Waals surface area contributed by atoms with Gasteiger partial charge in [0.05, 0.1) is 10.7 Å². The second-order valence-electron chi connectivity index (χ2n) is 5.97. The molecule has 19 heavy (non-hydrogen) atoms. The number of rotatable bonds is 3. The molecule has 2 aliphatic carbocycles. The van der Waals surface area contributed by atoms with E-state index in [4.69, 9.17) is 0 Å². The van der Waals surface area contributed by atoms with Crippen molar-refractivity contribution in [1.29, 1.82) is 0 Å². The molecule has 0 radical (unpaired) electrons. The van der Waals surface area contributed by atoms with E-state index in [0.29, 0.717) is 32.1 Å². The molecule has 0 aromatic heterocycles. The molecule has 2 atom stereocenters. The first-order chi connectivity index (χ1) is 8.59. The topological polar surface area (TPSA) is 37.4 Å². The summed E-state index contributed by atoms with van der Waals surface area (Å²) in [5, 5.41) is 0. The molecular weight excluding hydrogens is 279 g/mol. The average molecular weight is 299 g/mol. The number of halogens is 3. The normalized spacial score (nSPS) is 31.5. The number of sulfonamides is 1. The molecule has 2 fully saturated rings. The van der Waals surface area contributed by atoms with E-state index in [1.165, 1.54) is 7.05 Å². The quantitative estimate of drug-likeness (QED) is 0.803. The Bertz CT molecular complexity index is 442. The van der Waals surface area contributed by atoms with Gasteiger partial charge in [-0.3, -0.25) is 0 Å². The molecule has 0 aliphatic heterocycles. The molecular formula is C12H20F3NO2S. The molecule has 2 saturated carbocycles. The minimum Gasteiger partial charge on any atom is -0.212 e. The fourth-order valence-electron chi connectivity index (χ4n) is 2.89. The second kappa shape index (κ2) is 4.62. The lowest BCUT2D eigenvalue weighted by atomic mass is 9.84. The van der Waals surface area contributed by atoms with Crippen LogP contribution >= 0.6 is 0 Å². The Kier molecular flexibility index (Phi) is 3.67. The summed E-state index contributed by atoms with van der Waals surface area (Å²) < 4.78 is 64.0. The first-order valence-corrected chi connectivity index (χ1v) is 8.08. The SMILES string of the molecule is CN([C@H]1CCCC[C@H]1C(F)(F)F)S(=O)(=O)C1(C)CC1. The van der Waals surface area contributed by atoms with E-state index in [-0.39, 0.29) is 6.42 Å². The third-order valence-electron chi connectivity index (χ3n) is 4.57. The van der Waals surface area contributed by atoms with Crippen molar-refractivity contribution in [2.24, 2.45) is 5.92 Å². The third-order valence-corrected chi connectivity index (χ3v) is 7.26. The van der Waals surface area contributed by atoms with Gasteiger partial charge >= 0.3 is 6.18 Å². The van der Waals surface area contributed by atoms with Crippen LogP contribution in [-0.2, 0) is 10.0 Å². The van der Waals surface area contributed by atoms with E-state index < -0.39 is 32.9 Å². The average Bonchev–Trinajstić information content (AvgIpc) is 3.07. The van der Waals surface area contributed by atoms with Gasteiger partial charge in [0.1, 0.15) is 0 Å². The Balaban J connectivity index is 2.23. The molecule has 0 saturated heterocycles. The maximum absolute atomic E-state index is 13.0. The standard InChI is InChI=1S/C12H20F3NO2S/c1-11(7-8-11)19(17,18)16(2)10-6-4-3-5-9(10)12(13,14)15/h9-10H,3-8H2,1-2H3/t9-,10+/m1/s1. The van der Waals surface area contributed by atoms with E-state index in [9.17, 15) is 21.6 Å². The van der Waals surface area contributed by atoms with Crippen molar-refractivity contribution in [3.63, 3.8) is 0 Å². The number of hydrogen-bond acceptors (Lipinski definition) is 2. The summed E-state index contributed by atoms with van der Waals surface area (Å²) in [6, 6.07) is -0.934. The summed E-state index contributed by atoms with van der Waals surface area (Å²) in [6.45, 7) is 1.62. The molecule has 112 valence electrons. The van der Waals surface area contributed by atoms with Crippen LogP contribution in [0.4, 0.5) is 13.2 Å². The molecule has 0 unspecified atom stereocenters. The first-order valence-electron chi connectivity index (χ1n) is 6.64. The highest BCUT2D eigenvalue weighted by atomic mass is 32.2. The number of hydrogen-bond donors (Lipinski definition) is 0. The van der Waals surface area contributed by atoms with Gasteiger partial charge < -0.3 is 0 Å². The van der Waals surface area contributed by atoms with Crippen LogP contribution in [0.5, 0.6) is 0 Å². The van der Waals surface area contributed by atoms with Gasteiger partial charge in [-0.15, -0.1) is 0 Å². The zero-order valence-electron chi connectivity index (χ0n) is 11.2. The Morgan fingerprint density at radius 1 is 1.16 bits per heavy atom. The molecule has 2 aliphatic rings. The maximum Gasteiger partial charge on any atom is 0.393 e. The van der Waals surface area contributed by atoms with E-state index in [1.54, 1.807) is 6.92 Å². The molecule has 0 aromatic carbocycles. The lowest BCUT2D eigenvalue weighted by Gasteiger charge is -2.39. The summed E-state index contributed by atoms with van der Waals surface area (Å²) in [5.74, 6) is -1.52. The van der Waals surface area contributed by atoms with Crippen molar-refractivity contribution in [1.82, 2.24) is 4.31 Å². The van der Waals surface area contributed by atoms with Gasteiger partial charge in [-0.05, 0) is 32.6 Å². The van der Waals surface area contributed by atoms with Crippen LogP contribution < -0.4 is 0 Å². The van der Waals surface area contributed by atoms with Crippen LogP contribution in [-0.4, -0.2) is 36.7 Å². The number of alkyl halides is 3. The minimum absolute atomic E-state index is 0.0325. The highest BCUT2D eigenvalue weighted by Crippen LogP contribution is 2.47. The molecule has 3 nitrogen and oxygen atoms in total. The molecule has 0 N–H and O–H groups in total. The van der Waals surface area contributed by atoms with Gasteiger partial charge in [0.25, 0.3) is 0 Å². The van der Waals surface area contributed by atoms with Crippen molar-refractivity contribution < 1.29 is 21.6 Å². The van der Waals surface area contributed by atoms with Crippen molar-refractivity contribution in [2.45, 2.75) is 62.4 Å². The maximum atomic E-state index is 13.0. The van der Waals surface area contributed by atoms with E-state index in [0.717, 1.165) is 4.31 Å². The van der Waals surface area contributed by atoms with Gasteiger partial charge in [-0.1, -0.05) is 12.8 Å². The van der Waals surface area contributed by atoms with Crippen LogP contribution in [0.1, 0.15) is 45.4 Å². The zero-order chi connectivity index (χ0) is 14.5. The van der Waals surface area contributed by atoms with Gasteiger partial charge in [-0.25, -0.2) is 12.7 Å². The number of nitrogens with zero attached hydrogens (tertiary/aromatic N) is 1. The smallest absolute Gasteiger partial charge is 0.212 e. The van der Waals surface area contributed by atoms with Gasteiger partial charge in [0.15, 0.2) is 0 Å². The van der Waals surface area contributed by atoms with Crippen molar-refractivity contribution in [3.8, 4) is 0 Å². The van der Waals surface area contributed by atoms with E-state index in [1.807, 2.05) is 0 Å². The van der Waals surface area contributed by atoms with Gasteiger partial charge in [0, 0.05) is 13.1 Å². The molecule has 0 amide bonds. The Labute approximate surface area is 112 Å². The highest BCUT2D eigenvalue weighted by Gasteiger charge is 2.56. The zero-order valence-corrected chi connectivity index (χ0v) is 12.0. The predicted molar refractivity (Wildman–Crippen MR) is 66.1 cm³/mol. The van der Waals surface area contributed by atoms with Crippen LogP contribution in [0.2, 0.25) is 0 Å². The Morgan fingerprint density at radius 2 is 1.68 bits per heavy atom. The first kappa shape index (κ1) is 15.1. The molecule has 0 spiro atoms. The molecule has 0 bridgehead atoms. The fourth-order valence-corrected chi connectivity index (χ4v) is 4.81. The predicted octanol–water partition coefficient (Wildman–Crippen LogP) is 2.92. The highest BCUT2D eigenvalue weighted by molar-refractivity contribution is 7.90. The Morgan fingerprint density at radius 3 is 2.16 bits per heavy atom. The van der Waals surface area contributed by atoms with Crippen LogP contribution in [0, 0.1) is 5.92 Å². The van der Waals surface area contributed by atoms with Crippen LogP contribution in [0.25, 0.3) is 0 Å². The van der Waals surface area contributed by atoms with E-state index >= 15 is 0 Å². The van der Waals surface area contributed by atoms with Crippen molar-refractivity contribution in [2.75, 3.05) is 7.05 Å². The summed E-state index contributed by atoms with van der Waals surface area (Å²) in [4.78, 5) is 0. The monoisotopic (exact) mass is 299 g/mol. The fraction of sp³-hybridized carbons (Fsp3) is 1.00. The molecule has 0 aromatic rings. The van der Waals surface area contributed by atoms with Gasteiger partial charge in [0.2, 0.25) is 10.0 Å². The van der Waals surface area contributed by atoms with Crippen molar-refractivity contribution in [3.05, 3.63) is 0 Å². The summed E-state index contributed by atoms with van der Waals surface area (Å²) >= 11 is 0. The van der Waals surface area contributed by atoms with Gasteiger partial charge in [-0.2, -0.15) is 13.2 Å². The second-order valence-corrected chi connectivity index (χ2v) is 8.48. The lowest BCUT2D eigenvalue weighted by molar-refractivity contribution is -0.193. The molecule has 2 rings (SSSR count). The summed E-state index contributed by atoms with van der Waals surface area (Å²) in [5.41, 5.74) is 0. The summed E-state index contributed by atoms with van der Waals surface area (Å²) in [6.07, 6.45) is -1.72. The van der Waals surface area contributed by atoms with Crippen LogP contribution in [0.3, 0.4) is 0 Å². The lowest BCUT2D eigenvalue weighted by Crippen LogP contribution is -2.51. The minimum atomic E-state index is -4.32. The van der Waals surface area contributed by atoms with Crippen LogP contribution in [0.15, 0.2) is 0 Å². The summed E-state index contributed by atoms with van der Waals surface area (Å²) in [7, 11) is -2.31. The largest absolute Gasteiger partial charge is 0.393 e. The third kappa shape index (κ3) is 2.63. The Hall–Kier alpha value is -0.300. The molecule has 7 heteroatoms. The van der Waals surface area contributed by atoms with Crippen molar-refractivity contribution >= 4 is 10.0 Å². The van der Waals surface area contributed by atoms with E-state index in [2.05, 4.69) is 0 Å². The molecule has 0 heterocycles.